The number of rotatable bonds is 5. The fourth-order valence-corrected chi connectivity index (χ4v) is 1.67. The summed E-state index contributed by atoms with van der Waals surface area (Å²) in [7, 11) is 0. The molecule has 4 heteroatoms. The maximum Gasteiger partial charge on any atom is 0.123 e. The SMILES string of the molecule is CCNCc1ccnn1Cc1ccc(F)cc1. The van der Waals surface area contributed by atoms with E-state index in [1.807, 2.05) is 10.7 Å². The highest BCUT2D eigenvalue weighted by Crippen LogP contribution is 2.07. The van der Waals surface area contributed by atoms with Gasteiger partial charge >= 0.3 is 0 Å². The number of hydrogen-bond acceptors (Lipinski definition) is 2. The van der Waals surface area contributed by atoms with Crippen molar-refractivity contribution in [2.75, 3.05) is 6.54 Å². The summed E-state index contributed by atoms with van der Waals surface area (Å²) in [4.78, 5) is 0. The van der Waals surface area contributed by atoms with Crippen LogP contribution in [0.3, 0.4) is 0 Å². The third kappa shape index (κ3) is 3.14. The third-order valence-electron chi connectivity index (χ3n) is 2.61. The Kier molecular flexibility index (Phi) is 3.88. The van der Waals surface area contributed by atoms with Gasteiger partial charge in [-0.3, -0.25) is 4.68 Å². The van der Waals surface area contributed by atoms with E-state index in [-0.39, 0.29) is 5.82 Å². The summed E-state index contributed by atoms with van der Waals surface area (Å²) in [6.45, 7) is 4.48. The van der Waals surface area contributed by atoms with Crippen LogP contribution in [0.4, 0.5) is 4.39 Å². The maximum absolute atomic E-state index is 12.8. The molecule has 0 aliphatic rings. The van der Waals surface area contributed by atoms with E-state index in [9.17, 15) is 4.39 Å². The predicted octanol–water partition coefficient (Wildman–Crippen LogP) is 2.18. The van der Waals surface area contributed by atoms with E-state index in [0.717, 1.165) is 24.3 Å². The quantitative estimate of drug-likeness (QED) is 0.857. The zero-order valence-corrected chi connectivity index (χ0v) is 9.86. The number of nitrogens with one attached hydrogen (secondary N) is 1. The van der Waals surface area contributed by atoms with Crippen LogP contribution in [0.5, 0.6) is 0 Å². The highest BCUT2D eigenvalue weighted by molar-refractivity contribution is 5.17. The molecule has 0 saturated heterocycles. The van der Waals surface area contributed by atoms with Crippen molar-refractivity contribution in [1.82, 2.24) is 15.1 Å². The summed E-state index contributed by atoms with van der Waals surface area (Å²) in [6, 6.07) is 8.51. The monoisotopic (exact) mass is 233 g/mol. The summed E-state index contributed by atoms with van der Waals surface area (Å²) < 4.78 is 14.7. The molecule has 0 atom stereocenters. The van der Waals surface area contributed by atoms with Crippen molar-refractivity contribution in [2.45, 2.75) is 20.0 Å². The molecule has 0 fully saturated rings. The lowest BCUT2D eigenvalue weighted by Crippen LogP contribution is -2.16. The van der Waals surface area contributed by atoms with Crippen LogP contribution in [0.1, 0.15) is 18.2 Å². The van der Waals surface area contributed by atoms with Gasteiger partial charge in [0.05, 0.1) is 12.2 Å². The molecule has 1 N–H and O–H groups in total. The van der Waals surface area contributed by atoms with Gasteiger partial charge in [-0.25, -0.2) is 4.39 Å². The van der Waals surface area contributed by atoms with Gasteiger partial charge in [0.1, 0.15) is 5.82 Å². The lowest BCUT2D eigenvalue weighted by atomic mass is 10.2. The van der Waals surface area contributed by atoms with Gasteiger partial charge in [-0.05, 0) is 30.3 Å². The van der Waals surface area contributed by atoms with Crippen molar-refractivity contribution in [2.24, 2.45) is 0 Å². The normalized spacial score (nSPS) is 10.7. The first-order valence-electron chi connectivity index (χ1n) is 5.75. The molecule has 0 spiro atoms. The molecule has 1 heterocycles. The fraction of sp³-hybridized carbons (Fsp3) is 0.308. The minimum Gasteiger partial charge on any atom is -0.311 e. The van der Waals surface area contributed by atoms with E-state index in [4.69, 9.17) is 0 Å². The van der Waals surface area contributed by atoms with E-state index < -0.39 is 0 Å². The highest BCUT2D eigenvalue weighted by atomic mass is 19.1. The highest BCUT2D eigenvalue weighted by Gasteiger charge is 2.02. The zero-order valence-electron chi connectivity index (χ0n) is 9.86. The average Bonchev–Trinajstić information content (AvgIpc) is 2.77. The second-order valence-electron chi connectivity index (χ2n) is 3.89. The molecule has 3 nitrogen and oxygen atoms in total. The molecule has 17 heavy (non-hydrogen) atoms. The number of hydrogen-bond donors (Lipinski definition) is 1. The van der Waals surface area contributed by atoms with Crippen LogP contribution in [-0.2, 0) is 13.1 Å². The van der Waals surface area contributed by atoms with Crippen molar-refractivity contribution >= 4 is 0 Å². The van der Waals surface area contributed by atoms with Crippen LogP contribution in [0.15, 0.2) is 36.5 Å². The zero-order chi connectivity index (χ0) is 12.1. The first-order valence-corrected chi connectivity index (χ1v) is 5.75. The second kappa shape index (κ2) is 5.59. The molecule has 90 valence electrons. The van der Waals surface area contributed by atoms with E-state index >= 15 is 0 Å². The van der Waals surface area contributed by atoms with E-state index in [1.54, 1.807) is 18.3 Å². The van der Waals surface area contributed by atoms with Gasteiger partial charge in [0.25, 0.3) is 0 Å². The Morgan fingerprint density at radius 1 is 1.24 bits per heavy atom. The Morgan fingerprint density at radius 3 is 2.71 bits per heavy atom. The molecule has 1 aromatic heterocycles. The van der Waals surface area contributed by atoms with E-state index in [1.165, 1.54) is 12.1 Å². The molecule has 0 radical (unpaired) electrons. The van der Waals surface area contributed by atoms with Crippen molar-refractivity contribution in [1.29, 1.82) is 0 Å². The summed E-state index contributed by atoms with van der Waals surface area (Å²) in [5.41, 5.74) is 2.18. The van der Waals surface area contributed by atoms with E-state index in [0.29, 0.717) is 6.54 Å². The molecule has 2 aromatic rings. The number of halogens is 1. The van der Waals surface area contributed by atoms with E-state index in [2.05, 4.69) is 17.3 Å². The third-order valence-corrected chi connectivity index (χ3v) is 2.61. The van der Waals surface area contributed by atoms with Crippen molar-refractivity contribution in [3.63, 3.8) is 0 Å². The van der Waals surface area contributed by atoms with Crippen molar-refractivity contribution < 1.29 is 4.39 Å². The summed E-state index contributed by atoms with van der Waals surface area (Å²) in [5.74, 6) is -0.206. The number of aromatic nitrogens is 2. The molecule has 0 saturated carbocycles. The predicted molar refractivity (Wildman–Crippen MR) is 65.1 cm³/mol. The minimum atomic E-state index is -0.206. The van der Waals surface area contributed by atoms with Crippen LogP contribution in [0.2, 0.25) is 0 Å². The van der Waals surface area contributed by atoms with Crippen LogP contribution < -0.4 is 5.32 Å². The first-order chi connectivity index (χ1) is 8.29. The molecule has 2 rings (SSSR count). The topological polar surface area (TPSA) is 29.9 Å². The molecular formula is C13H16FN3. The van der Waals surface area contributed by atoms with Gasteiger partial charge in [-0.2, -0.15) is 5.10 Å². The molecule has 0 aliphatic heterocycles. The first kappa shape index (κ1) is 11.8. The van der Waals surface area contributed by atoms with Gasteiger partial charge in [0.2, 0.25) is 0 Å². The smallest absolute Gasteiger partial charge is 0.123 e. The van der Waals surface area contributed by atoms with Gasteiger partial charge in [-0.15, -0.1) is 0 Å². The van der Waals surface area contributed by atoms with Gasteiger partial charge in [0.15, 0.2) is 0 Å². The molecular weight excluding hydrogens is 217 g/mol. The van der Waals surface area contributed by atoms with Crippen LogP contribution in [-0.4, -0.2) is 16.3 Å². The Balaban J connectivity index is 2.07. The molecule has 0 bridgehead atoms. The molecule has 0 aliphatic carbocycles. The van der Waals surface area contributed by atoms with Crippen molar-refractivity contribution in [3.8, 4) is 0 Å². The molecule has 0 unspecified atom stereocenters. The number of nitrogens with zero attached hydrogens (tertiary/aromatic N) is 2. The lowest BCUT2D eigenvalue weighted by molar-refractivity contribution is 0.601. The second-order valence-corrected chi connectivity index (χ2v) is 3.89. The maximum atomic E-state index is 12.8. The van der Waals surface area contributed by atoms with Crippen molar-refractivity contribution in [3.05, 3.63) is 53.6 Å². The Labute approximate surface area is 100 Å². The lowest BCUT2D eigenvalue weighted by Gasteiger charge is -2.08. The molecule has 0 amide bonds. The largest absolute Gasteiger partial charge is 0.311 e. The Hall–Kier alpha value is -1.68. The number of benzene rings is 1. The van der Waals surface area contributed by atoms with Crippen LogP contribution in [0.25, 0.3) is 0 Å². The average molecular weight is 233 g/mol. The standard InChI is InChI=1S/C13H16FN3/c1-2-15-9-13-7-8-16-17(13)10-11-3-5-12(14)6-4-11/h3-8,15H,2,9-10H2,1H3. The summed E-state index contributed by atoms with van der Waals surface area (Å²) in [6.07, 6.45) is 1.79. The van der Waals surface area contributed by atoms with Gasteiger partial charge in [0, 0.05) is 12.7 Å². The summed E-state index contributed by atoms with van der Waals surface area (Å²) in [5, 5.41) is 7.53. The van der Waals surface area contributed by atoms with Crippen LogP contribution >= 0.6 is 0 Å². The van der Waals surface area contributed by atoms with Gasteiger partial charge in [-0.1, -0.05) is 19.1 Å². The Bertz CT molecular complexity index is 462. The Morgan fingerprint density at radius 2 is 2.00 bits per heavy atom. The van der Waals surface area contributed by atoms with Crippen LogP contribution in [0, 0.1) is 5.82 Å². The summed E-state index contributed by atoms with van der Waals surface area (Å²) >= 11 is 0. The van der Waals surface area contributed by atoms with Gasteiger partial charge < -0.3 is 5.32 Å². The fourth-order valence-electron chi connectivity index (χ4n) is 1.67. The minimum absolute atomic E-state index is 0.206. The molecule has 1 aromatic carbocycles.